The molecule has 26 heavy (non-hydrogen) atoms. The smallest absolute Gasteiger partial charge is 0.337 e. The van der Waals surface area contributed by atoms with Crippen LogP contribution in [0.3, 0.4) is 0 Å². The number of nitrogens with zero attached hydrogens (tertiary/aromatic N) is 1. The maximum absolute atomic E-state index is 12.5. The number of β-amino-alcohol motifs (C(OH)–C–C–N with tert-alkyl or cyclic N) is 1. The molecule has 1 aliphatic heterocycles. The van der Waals surface area contributed by atoms with Gasteiger partial charge in [0.15, 0.2) is 0 Å². The van der Waals surface area contributed by atoms with Gasteiger partial charge >= 0.3 is 5.97 Å². The summed E-state index contributed by atoms with van der Waals surface area (Å²) in [5.74, 6) is -1.18. The van der Waals surface area contributed by atoms with Gasteiger partial charge in [-0.1, -0.05) is 0 Å². The van der Waals surface area contributed by atoms with E-state index in [2.05, 4.69) is 37.2 Å². The highest BCUT2D eigenvalue weighted by molar-refractivity contribution is 9.11. The fraction of sp³-hybridized carbons (Fsp3) is 0.286. The van der Waals surface area contributed by atoms with Crippen LogP contribution in [0.4, 0.5) is 5.69 Å². The van der Waals surface area contributed by atoms with Crippen LogP contribution in [0.2, 0.25) is 0 Å². The zero-order valence-electron chi connectivity index (χ0n) is 13.5. The van der Waals surface area contributed by atoms with Crippen molar-refractivity contribution in [2.24, 2.45) is 5.14 Å². The molecule has 0 bridgehead atoms. The van der Waals surface area contributed by atoms with Crippen LogP contribution in [0.5, 0.6) is 0 Å². The summed E-state index contributed by atoms with van der Waals surface area (Å²) >= 11 is 6.44. The van der Waals surface area contributed by atoms with E-state index in [1.807, 2.05) is 0 Å². The Labute approximate surface area is 166 Å². The second kappa shape index (κ2) is 8.05. The summed E-state index contributed by atoms with van der Waals surface area (Å²) in [6, 6.07) is 2.54. The summed E-state index contributed by atoms with van der Waals surface area (Å²) in [5, 5.41) is 17.0. The molecular formula is C14H15Br2N3O6S. The molecule has 142 valence electrons. The number of rotatable bonds is 6. The Balaban J connectivity index is 2.47. The number of carbonyl (C=O) groups excluding carboxylic acids is 2. The number of aliphatic hydroxyl groups excluding tert-OH is 1. The molecule has 0 unspecified atom stereocenters. The number of carbonyl (C=O) groups is 2. The van der Waals surface area contributed by atoms with Gasteiger partial charge in [-0.15, -0.1) is 0 Å². The SMILES string of the molecule is COC(=O)C1=C(Nc2c(Br)cc(S(N)(=O)=O)cc2Br)C(=O)N(CCO)C1. The molecule has 0 fully saturated rings. The quantitative estimate of drug-likeness (QED) is 0.472. The van der Waals surface area contributed by atoms with Crippen LogP contribution in [0.25, 0.3) is 0 Å². The van der Waals surface area contributed by atoms with E-state index in [0.29, 0.717) is 14.6 Å². The molecule has 2 rings (SSSR count). The third-order valence-corrected chi connectivity index (χ3v) is 5.69. The van der Waals surface area contributed by atoms with Crippen LogP contribution in [0, 0.1) is 0 Å². The minimum Gasteiger partial charge on any atom is -0.466 e. The van der Waals surface area contributed by atoms with E-state index in [4.69, 9.17) is 15.0 Å². The number of hydrogen-bond donors (Lipinski definition) is 3. The van der Waals surface area contributed by atoms with Gasteiger partial charge < -0.3 is 20.1 Å². The van der Waals surface area contributed by atoms with Gasteiger partial charge in [-0.3, -0.25) is 4.79 Å². The Bertz CT molecular complexity index is 877. The number of nitrogens with two attached hydrogens (primary N) is 1. The number of primary sulfonamides is 1. The maximum Gasteiger partial charge on any atom is 0.337 e. The molecule has 0 saturated heterocycles. The van der Waals surface area contributed by atoms with Gasteiger partial charge in [-0.2, -0.15) is 0 Å². The standard InChI is InChI=1S/C14H15Br2N3O6S/c1-25-14(22)8-6-19(2-3-20)13(21)11(8)18-12-9(15)4-7(5-10(12)16)26(17,23)24/h4-5,18,20H,2-3,6H2,1H3,(H2,17,23,24). The highest BCUT2D eigenvalue weighted by Gasteiger charge is 2.35. The van der Waals surface area contributed by atoms with Crippen molar-refractivity contribution in [2.45, 2.75) is 4.90 Å². The number of esters is 1. The molecule has 0 radical (unpaired) electrons. The van der Waals surface area contributed by atoms with Crippen molar-refractivity contribution < 1.29 is 27.9 Å². The summed E-state index contributed by atoms with van der Waals surface area (Å²) in [5.41, 5.74) is 0.406. The normalized spacial score (nSPS) is 14.8. The number of ether oxygens (including phenoxy) is 1. The molecule has 0 saturated carbocycles. The molecular weight excluding hydrogens is 498 g/mol. The first-order chi connectivity index (χ1) is 12.1. The molecule has 9 nitrogen and oxygen atoms in total. The van der Waals surface area contributed by atoms with Crippen molar-refractivity contribution in [2.75, 3.05) is 32.1 Å². The van der Waals surface area contributed by atoms with E-state index in [1.165, 1.54) is 24.1 Å². The Morgan fingerprint density at radius 1 is 1.38 bits per heavy atom. The number of amides is 1. The van der Waals surface area contributed by atoms with Gasteiger partial charge in [-0.05, 0) is 44.0 Å². The second-order valence-electron chi connectivity index (χ2n) is 5.23. The molecule has 4 N–H and O–H groups in total. The third-order valence-electron chi connectivity index (χ3n) is 3.55. The van der Waals surface area contributed by atoms with E-state index in [0.717, 1.165) is 0 Å². The van der Waals surface area contributed by atoms with Gasteiger partial charge in [0.05, 0.1) is 36.4 Å². The number of halogens is 2. The van der Waals surface area contributed by atoms with Crippen LogP contribution in [0.15, 0.2) is 37.2 Å². The van der Waals surface area contributed by atoms with E-state index >= 15 is 0 Å². The average molecular weight is 513 g/mol. The largest absolute Gasteiger partial charge is 0.466 e. The second-order valence-corrected chi connectivity index (χ2v) is 8.50. The lowest BCUT2D eigenvalue weighted by molar-refractivity contribution is -0.136. The van der Waals surface area contributed by atoms with Crippen LogP contribution < -0.4 is 10.5 Å². The lowest BCUT2D eigenvalue weighted by Crippen LogP contribution is -2.31. The number of hydrogen-bond acceptors (Lipinski definition) is 7. The molecule has 0 spiro atoms. The van der Waals surface area contributed by atoms with Gasteiger partial charge in [0.2, 0.25) is 10.0 Å². The Kier molecular flexibility index (Phi) is 6.45. The first kappa shape index (κ1) is 20.8. The minimum absolute atomic E-state index is 0.0150. The minimum atomic E-state index is -3.92. The summed E-state index contributed by atoms with van der Waals surface area (Å²) in [4.78, 5) is 25.7. The molecule has 1 heterocycles. The summed E-state index contributed by atoms with van der Waals surface area (Å²) in [6.45, 7) is -0.222. The summed E-state index contributed by atoms with van der Waals surface area (Å²) < 4.78 is 28.3. The number of nitrogens with one attached hydrogen (secondary N) is 1. The Morgan fingerprint density at radius 3 is 2.42 bits per heavy atom. The molecule has 1 amide bonds. The maximum atomic E-state index is 12.5. The summed E-state index contributed by atoms with van der Waals surface area (Å²) in [7, 11) is -2.73. The van der Waals surface area contributed by atoms with Gasteiger partial charge in [0, 0.05) is 15.5 Å². The van der Waals surface area contributed by atoms with Crippen molar-refractivity contribution in [3.63, 3.8) is 0 Å². The van der Waals surface area contributed by atoms with Crippen LogP contribution in [-0.2, 0) is 24.3 Å². The highest BCUT2D eigenvalue weighted by Crippen LogP contribution is 2.36. The van der Waals surface area contributed by atoms with Gasteiger partial charge in [0.1, 0.15) is 5.70 Å². The number of sulfonamides is 1. The topological polar surface area (TPSA) is 139 Å². The fourth-order valence-electron chi connectivity index (χ4n) is 2.31. The number of methoxy groups -OCH3 is 1. The predicted molar refractivity (Wildman–Crippen MR) is 99.5 cm³/mol. The third kappa shape index (κ3) is 4.26. The molecule has 1 aliphatic rings. The molecule has 0 aliphatic carbocycles. The first-order valence-electron chi connectivity index (χ1n) is 7.10. The van der Waals surface area contributed by atoms with Crippen molar-refractivity contribution in [3.8, 4) is 0 Å². The van der Waals surface area contributed by atoms with Crippen molar-refractivity contribution in [1.82, 2.24) is 4.90 Å². The molecule has 0 atom stereocenters. The first-order valence-corrected chi connectivity index (χ1v) is 10.2. The lowest BCUT2D eigenvalue weighted by Gasteiger charge is -2.16. The zero-order valence-corrected chi connectivity index (χ0v) is 17.4. The number of aliphatic hydroxyl groups is 1. The van der Waals surface area contributed by atoms with Crippen molar-refractivity contribution in [3.05, 3.63) is 32.3 Å². The van der Waals surface area contributed by atoms with Gasteiger partial charge in [-0.25, -0.2) is 18.4 Å². The summed E-state index contributed by atoms with van der Waals surface area (Å²) in [6.07, 6.45) is 0. The van der Waals surface area contributed by atoms with Crippen LogP contribution >= 0.6 is 31.9 Å². The van der Waals surface area contributed by atoms with Crippen molar-refractivity contribution >= 4 is 59.4 Å². The number of anilines is 1. The predicted octanol–water partition coefficient (Wildman–Crippen LogP) is 0.533. The number of benzene rings is 1. The zero-order chi connectivity index (χ0) is 19.6. The van der Waals surface area contributed by atoms with Crippen LogP contribution in [-0.4, -0.2) is 57.1 Å². The van der Waals surface area contributed by atoms with Crippen molar-refractivity contribution in [1.29, 1.82) is 0 Å². The van der Waals surface area contributed by atoms with E-state index < -0.39 is 21.9 Å². The average Bonchev–Trinajstić information content (AvgIpc) is 2.86. The van der Waals surface area contributed by atoms with E-state index in [-0.39, 0.29) is 35.9 Å². The molecule has 1 aromatic carbocycles. The lowest BCUT2D eigenvalue weighted by atomic mass is 10.2. The Hall–Kier alpha value is -1.47. The fourth-order valence-corrected chi connectivity index (χ4v) is 4.56. The molecule has 12 heteroatoms. The van der Waals surface area contributed by atoms with Crippen LogP contribution in [0.1, 0.15) is 0 Å². The van der Waals surface area contributed by atoms with E-state index in [9.17, 15) is 18.0 Å². The highest BCUT2D eigenvalue weighted by atomic mass is 79.9. The Morgan fingerprint density at radius 2 is 1.96 bits per heavy atom. The van der Waals surface area contributed by atoms with Gasteiger partial charge in [0.25, 0.3) is 5.91 Å². The van der Waals surface area contributed by atoms with E-state index in [1.54, 1.807) is 0 Å². The molecule has 1 aromatic rings. The molecule has 0 aromatic heterocycles. The monoisotopic (exact) mass is 511 g/mol.